The number of hydrogen-bond acceptors (Lipinski definition) is 1. The van der Waals surface area contributed by atoms with Crippen molar-refractivity contribution in [2.45, 2.75) is 20.8 Å². The van der Waals surface area contributed by atoms with E-state index < -0.39 is 0 Å². The highest BCUT2D eigenvalue weighted by molar-refractivity contribution is 5.77. The SMILES string of the molecule is Cc1c(-[n+]2c(C)ccc3ccccc32)cc(C#N)cc1-[n+]1c(C)ccc2ccccc21. The molecule has 148 valence electrons. The van der Waals surface area contributed by atoms with Gasteiger partial charge < -0.3 is 0 Å². The van der Waals surface area contributed by atoms with Crippen molar-refractivity contribution in [3.05, 3.63) is 107 Å². The molecule has 3 heteroatoms. The van der Waals surface area contributed by atoms with E-state index in [-0.39, 0.29) is 0 Å². The Morgan fingerprint density at radius 1 is 0.613 bits per heavy atom. The minimum absolute atomic E-state index is 0.648. The van der Waals surface area contributed by atoms with Gasteiger partial charge in [-0.1, -0.05) is 24.3 Å². The summed E-state index contributed by atoms with van der Waals surface area (Å²) in [5.74, 6) is 0. The van der Waals surface area contributed by atoms with Crippen LogP contribution in [0.4, 0.5) is 0 Å². The molecule has 3 nitrogen and oxygen atoms in total. The van der Waals surface area contributed by atoms with Crippen molar-refractivity contribution in [2.75, 3.05) is 0 Å². The predicted molar refractivity (Wildman–Crippen MR) is 123 cm³/mol. The second-order valence-corrected chi connectivity index (χ2v) is 7.99. The number of benzene rings is 3. The molecule has 0 amide bonds. The molecule has 5 rings (SSSR count). The van der Waals surface area contributed by atoms with Crippen molar-refractivity contribution in [2.24, 2.45) is 0 Å². The van der Waals surface area contributed by atoms with Gasteiger partial charge in [0.1, 0.15) is 0 Å². The summed E-state index contributed by atoms with van der Waals surface area (Å²) in [5.41, 5.74) is 8.36. The van der Waals surface area contributed by atoms with Crippen molar-refractivity contribution in [3.63, 3.8) is 0 Å². The summed E-state index contributed by atoms with van der Waals surface area (Å²) in [6.07, 6.45) is 0. The normalized spacial score (nSPS) is 11.0. The van der Waals surface area contributed by atoms with Crippen LogP contribution in [-0.2, 0) is 0 Å². The second-order valence-electron chi connectivity index (χ2n) is 7.99. The van der Waals surface area contributed by atoms with Gasteiger partial charge in [0.15, 0.2) is 11.4 Å². The molecule has 31 heavy (non-hydrogen) atoms. The van der Waals surface area contributed by atoms with Crippen molar-refractivity contribution >= 4 is 21.8 Å². The van der Waals surface area contributed by atoms with Crippen LogP contribution in [0, 0.1) is 32.1 Å². The maximum Gasteiger partial charge on any atom is 0.222 e. The number of aryl methyl sites for hydroxylation is 2. The minimum Gasteiger partial charge on any atom is -0.192 e. The number of aromatic nitrogens is 2. The van der Waals surface area contributed by atoms with Crippen LogP contribution >= 0.6 is 0 Å². The molecule has 0 spiro atoms. The highest BCUT2D eigenvalue weighted by Crippen LogP contribution is 2.23. The molecule has 0 saturated heterocycles. The third kappa shape index (κ3) is 3.05. The average Bonchev–Trinajstić information content (AvgIpc) is 2.80. The van der Waals surface area contributed by atoms with Crippen molar-refractivity contribution in [1.29, 1.82) is 5.26 Å². The Morgan fingerprint density at radius 2 is 1.06 bits per heavy atom. The first-order valence-corrected chi connectivity index (χ1v) is 10.4. The van der Waals surface area contributed by atoms with E-state index in [0.717, 1.165) is 39.4 Å². The molecule has 5 aromatic rings. The van der Waals surface area contributed by atoms with Crippen LogP contribution in [-0.4, -0.2) is 0 Å². The van der Waals surface area contributed by atoms with Crippen LogP contribution in [0.5, 0.6) is 0 Å². The third-order valence-electron chi connectivity index (χ3n) is 6.03. The quantitative estimate of drug-likeness (QED) is 0.367. The summed E-state index contributed by atoms with van der Waals surface area (Å²) >= 11 is 0. The Morgan fingerprint density at radius 3 is 1.52 bits per heavy atom. The molecule has 2 heterocycles. The Hall–Kier alpha value is -4.03. The number of nitrogens with zero attached hydrogens (tertiary/aromatic N) is 3. The monoisotopic (exact) mass is 401 g/mol. The lowest BCUT2D eigenvalue weighted by Gasteiger charge is -2.11. The zero-order chi connectivity index (χ0) is 21.5. The van der Waals surface area contributed by atoms with Gasteiger partial charge in [-0.25, -0.2) is 0 Å². The fourth-order valence-corrected chi connectivity index (χ4v) is 4.47. The summed E-state index contributed by atoms with van der Waals surface area (Å²) in [4.78, 5) is 0. The molecule has 0 aliphatic heterocycles. The highest BCUT2D eigenvalue weighted by Gasteiger charge is 2.27. The van der Waals surface area contributed by atoms with Crippen LogP contribution in [0.1, 0.15) is 22.5 Å². The molecule has 0 aliphatic carbocycles. The fraction of sp³-hybridized carbons (Fsp3) is 0.107. The van der Waals surface area contributed by atoms with Crippen LogP contribution in [0.15, 0.2) is 84.9 Å². The smallest absolute Gasteiger partial charge is 0.192 e. The van der Waals surface area contributed by atoms with Gasteiger partial charge in [0.2, 0.25) is 22.4 Å². The summed E-state index contributed by atoms with van der Waals surface area (Å²) < 4.78 is 4.52. The second kappa shape index (κ2) is 7.34. The van der Waals surface area contributed by atoms with Gasteiger partial charge in [0, 0.05) is 61.0 Å². The first-order valence-electron chi connectivity index (χ1n) is 10.4. The van der Waals surface area contributed by atoms with Gasteiger partial charge >= 0.3 is 0 Å². The first kappa shape index (κ1) is 19.0. The fourth-order valence-electron chi connectivity index (χ4n) is 4.47. The molecule has 0 atom stereocenters. The Balaban J connectivity index is 1.90. The van der Waals surface area contributed by atoms with Gasteiger partial charge in [-0.3, -0.25) is 0 Å². The summed E-state index contributed by atoms with van der Waals surface area (Å²) in [6, 6.07) is 31.7. The number of para-hydroxylation sites is 2. The van der Waals surface area contributed by atoms with E-state index in [1.165, 1.54) is 10.8 Å². The highest BCUT2D eigenvalue weighted by atomic mass is 15.0. The standard InChI is InChI=1S/C28H23N3/c1-19-12-14-23-8-4-6-10-25(23)30(19)27-16-22(18-29)17-28(21(27)3)31-20(2)13-15-24-9-5-7-11-26(24)31/h4-17H,1-3H3/q+2. The topological polar surface area (TPSA) is 31.5 Å². The summed E-state index contributed by atoms with van der Waals surface area (Å²) in [6.45, 7) is 6.37. The summed E-state index contributed by atoms with van der Waals surface area (Å²) in [7, 11) is 0. The number of hydrogen-bond donors (Lipinski definition) is 0. The van der Waals surface area contributed by atoms with Crippen LogP contribution in [0.25, 0.3) is 33.2 Å². The van der Waals surface area contributed by atoms with Gasteiger partial charge in [-0.05, 0) is 31.2 Å². The average molecular weight is 402 g/mol. The molecule has 0 saturated carbocycles. The van der Waals surface area contributed by atoms with Gasteiger partial charge in [0.05, 0.1) is 17.2 Å². The lowest BCUT2D eigenvalue weighted by Crippen LogP contribution is -2.40. The van der Waals surface area contributed by atoms with E-state index in [1.54, 1.807) is 0 Å². The zero-order valence-electron chi connectivity index (χ0n) is 17.9. The molecule has 2 aromatic heterocycles. The van der Waals surface area contributed by atoms with Crippen LogP contribution < -0.4 is 9.13 Å². The molecular weight excluding hydrogens is 378 g/mol. The van der Waals surface area contributed by atoms with Gasteiger partial charge in [0.25, 0.3) is 0 Å². The number of rotatable bonds is 2. The maximum absolute atomic E-state index is 9.87. The Labute approximate surface area is 182 Å². The Kier molecular flexibility index (Phi) is 4.49. The molecule has 0 N–H and O–H groups in total. The van der Waals surface area contributed by atoms with E-state index in [4.69, 9.17) is 0 Å². The summed E-state index contributed by atoms with van der Waals surface area (Å²) in [5, 5.41) is 12.2. The molecule has 0 bridgehead atoms. The number of nitriles is 1. The van der Waals surface area contributed by atoms with Gasteiger partial charge in [-0.15, -0.1) is 0 Å². The van der Waals surface area contributed by atoms with Crippen molar-refractivity contribution in [3.8, 4) is 17.4 Å². The van der Waals surface area contributed by atoms with E-state index in [2.05, 4.69) is 109 Å². The molecular formula is C28H23N3+2. The number of fused-ring (bicyclic) bond motifs is 2. The lowest BCUT2D eigenvalue weighted by molar-refractivity contribution is -0.583. The van der Waals surface area contributed by atoms with E-state index in [1.807, 2.05) is 12.1 Å². The predicted octanol–water partition coefficient (Wildman–Crippen LogP) is 5.34. The van der Waals surface area contributed by atoms with Crippen molar-refractivity contribution < 1.29 is 9.13 Å². The molecule has 0 radical (unpaired) electrons. The third-order valence-corrected chi connectivity index (χ3v) is 6.03. The molecule has 0 aliphatic rings. The van der Waals surface area contributed by atoms with Crippen LogP contribution in [0.2, 0.25) is 0 Å². The van der Waals surface area contributed by atoms with E-state index >= 15 is 0 Å². The molecule has 0 fully saturated rings. The minimum atomic E-state index is 0.648. The first-order chi connectivity index (χ1) is 15.1. The van der Waals surface area contributed by atoms with E-state index in [9.17, 15) is 5.26 Å². The molecule has 3 aromatic carbocycles. The Bertz CT molecular complexity index is 1420. The maximum atomic E-state index is 9.87. The lowest BCUT2D eigenvalue weighted by atomic mass is 10.0. The van der Waals surface area contributed by atoms with Crippen LogP contribution in [0.3, 0.4) is 0 Å². The van der Waals surface area contributed by atoms with E-state index in [0.29, 0.717) is 5.56 Å². The van der Waals surface area contributed by atoms with Gasteiger partial charge in [-0.2, -0.15) is 14.4 Å². The van der Waals surface area contributed by atoms with Crippen molar-refractivity contribution in [1.82, 2.24) is 0 Å². The largest absolute Gasteiger partial charge is 0.222 e. The molecule has 0 unspecified atom stereocenters. The number of pyridine rings is 2. The zero-order valence-corrected chi connectivity index (χ0v) is 17.9.